The van der Waals surface area contributed by atoms with Crippen molar-refractivity contribution in [3.63, 3.8) is 0 Å². The number of aromatic carboxylic acids is 1. The molecule has 0 unspecified atom stereocenters. The van der Waals surface area contributed by atoms with Crippen molar-refractivity contribution in [2.75, 3.05) is 0 Å². The Labute approximate surface area is 76.1 Å². The van der Waals surface area contributed by atoms with Gasteiger partial charge in [0.25, 0.3) is 0 Å². The largest absolute Gasteiger partial charge is 0.478 e. The summed E-state index contributed by atoms with van der Waals surface area (Å²) in [4.78, 5) is 10.4. The zero-order chi connectivity index (χ0) is 10.9. The fraction of sp³-hybridized carbons (Fsp3) is 0.286. The summed E-state index contributed by atoms with van der Waals surface area (Å²) in [5, 5.41) is 8.44. The van der Waals surface area contributed by atoms with E-state index in [9.17, 15) is 18.0 Å². The first-order valence-corrected chi connectivity index (χ1v) is 3.49. The SMILES string of the molecule is NCc1cc(C(=O)O)c(C(F)(F)F)o1. The quantitative estimate of drug-likeness (QED) is 0.772. The first kappa shape index (κ1) is 10.6. The summed E-state index contributed by atoms with van der Waals surface area (Å²) in [6.07, 6.45) is -4.82. The predicted octanol–water partition coefficient (Wildman–Crippen LogP) is 1.46. The van der Waals surface area contributed by atoms with Crippen LogP contribution >= 0.6 is 0 Å². The molecule has 1 aromatic rings. The second-order valence-electron chi connectivity index (χ2n) is 2.46. The van der Waals surface area contributed by atoms with Crippen molar-refractivity contribution in [2.24, 2.45) is 5.73 Å². The van der Waals surface area contributed by atoms with Gasteiger partial charge in [0.2, 0.25) is 5.76 Å². The molecule has 7 heteroatoms. The van der Waals surface area contributed by atoms with Gasteiger partial charge in [0.15, 0.2) is 0 Å². The fourth-order valence-electron chi connectivity index (χ4n) is 0.912. The molecule has 0 saturated carbocycles. The predicted molar refractivity (Wildman–Crippen MR) is 38.6 cm³/mol. The van der Waals surface area contributed by atoms with Crippen molar-refractivity contribution in [3.8, 4) is 0 Å². The highest BCUT2D eigenvalue weighted by atomic mass is 19.4. The summed E-state index contributed by atoms with van der Waals surface area (Å²) in [5.74, 6) is -3.43. The maximum atomic E-state index is 12.2. The molecule has 0 saturated heterocycles. The molecule has 0 aliphatic heterocycles. The molecule has 78 valence electrons. The van der Waals surface area contributed by atoms with Gasteiger partial charge in [-0.2, -0.15) is 13.2 Å². The molecule has 0 atom stereocenters. The molecule has 0 aliphatic carbocycles. The molecule has 0 aromatic carbocycles. The summed E-state index contributed by atoms with van der Waals surface area (Å²) < 4.78 is 40.7. The van der Waals surface area contributed by atoms with Crippen LogP contribution < -0.4 is 5.73 Å². The summed E-state index contributed by atoms with van der Waals surface area (Å²) in [6, 6.07) is 0.769. The molecule has 0 radical (unpaired) electrons. The Morgan fingerprint density at radius 3 is 2.43 bits per heavy atom. The van der Waals surface area contributed by atoms with Crippen LogP contribution in [0, 0.1) is 0 Å². The van der Waals surface area contributed by atoms with Gasteiger partial charge in [-0.3, -0.25) is 0 Å². The van der Waals surface area contributed by atoms with E-state index in [1.165, 1.54) is 0 Å². The highest BCUT2D eigenvalue weighted by Crippen LogP contribution is 2.34. The standard InChI is InChI=1S/C7H6F3NO3/c8-7(9,10)5-4(6(12)13)1-3(2-11)14-5/h1H,2,11H2,(H,12,13). The molecule has 0 amide bonds. The summed E-state index contributed by atoms with van der Waals surface area (Å²) in [6.45, 7) is -0.281. The van der Waals surface area contributed by atoms with Crippen LogP contribution in [-0.4, -0.2) is 11.1 Å². The van der Waals surface area contributed by atoms with Gasteiger partial charge in [0.1, 0.15) is 11.3 Å². The smallest absolute Gasteiger partial charge is 0.450 e. The van der Waals surface area contributed by atoms with Crippen LogP contribution in [0.4, 0.5) is 13.2 Å². The number of furan rings is 1. The Bertz CT molecular complexity index is 356. The average molecular weight is 209 g/mol. The minimum atomic E-state index is -4.82. The molecule has 0 fully saturated rings. The zero-order valence-electron chi connectivity index (χ0n) is 6.76. The number of rotatable bonds is 2. The van der Waals surface area contributed by atoms with Crippen molar-refractivity contribution in [1.82, 2.24) is 0 Å². The van der Waals surface area contributed by atoms with E-state index in [0.717, 1.165) is 6.07 Å². The van der Waals surface area contributed by atoms with Gasteiger partial charge in [-0.05, 0) is 6.07 Å². The number of carboxylic acid groups (broad SMARTS) is 1. The van der Waals surface area contributed by atoms with Crippen molar-refractivity contribution in [1.29, 1.82) is 0 Å². The van der Waals surface area contributed by atoms with E-state index in [2.05, 4.69) is 4.42 Å². The maximum Gasteiger partial charge on any atom is 0.450 e. The number of nitrogens with two attached hydrogens (primary N) is 1. The number of hydrogen-bond donors (Lipinski definition) is 2. The lowest BCUT2D eigenvalue weighted by Crippen LogP contribution is -2.09. The topological polar surface area (TPSA) is 76.5 Å². The van der Waals surface area contributed by atoms with Gasteiger partial charge < -0.3 is 15.3 Å². The monoisotopic (exact) mass is 209 g/mol. The van der Waals surface area contributed by atoms with Crippen LogP contribution in [0.3, 0.4) is 0 Å². The number of carboxylic acids is 1. The van der Waals surface area contributed by atoms with Crippen molar-refractivity contribution in [2.45, 2.75) is 12.7 Å². The van der Waals surface area contributed by atoms with Crippen LogP contribution in [0.2, 0.25) is 0 Å². The number of halogens is 3. The van der Waals surface area contributed by atoms with E-state index in [-0.39, 0.29) is 12.3 Å². The Hall–Kier alpha value is -1.50. The molecule has 0 bridgehead atoms. The van der Waals surface area contributed by atoms with Crippen molar-refractivity contribution >= 4 is 5.97 Å². The summed E-state index contributed by atoms with van der Waals surface area (Å²) in [7, 11) is 0. The minimum absolute atomic E-state index is 0.213. The fourth-order valence-corrected chi connectivity index (χ4v) is 0.912. The first-order chi connectivity index (χ1) is 6.36. The van der Waals surface area contributed by atoms with E-state index in [0.29, 0.717) is 0 Å². The van der Waals surface area contributed by atoms with Crippen LogP contribution in [0.25, 0.3) is 0 Å². The van der Waals surface area contributed by atoms with E-state index in [1.807, 2.05) is 0 Å². The van der Waals surface area contributed by atoms with Gasteiger partial charge in [-0.1, -0.05) is 0 Å². The highest BCUT2D eigenvalue weighted by Gasteiger charge is 2.40. The van der Waals surface area contributed by atoms with E-state index >= 15 is 0 Å². The van der Waals surface area contributed by atoms with E-state index in [1.54, 1.807) is 0 Å². The molecule has 1 heterocycles. The van der Waals surface area contributed by atoms with Gasteiger partial charge in [-0.25, -0.2) is 4.79 Å². The van der Waals surface area contributed by atoms with Gasteiger partial charge >= 0.3 is 12.1 Å². The van der Waals surface area contributed by atoms with E-state index < -0.39 is 23.5 Å². The maximum absolute atomic E-state index is 12.2. The average Bonchev–Trinajstić information content (AvgIpc) is 2.46. The lowest BCUT2D eigenvalue weighted by atomic mass is 10.2. The molecule has 0 aliphatic rings. The first-order valence-electron chi connectivity index (χ1n) is 3.49. The second-order valence-corrected chi connectivity index (χ2v) is 2.46. The lowest BCUT2D eigenvalue weighted by Gasteiger charge is -2.02. The molecule has 1 rings (SSSR count). The minimum Gasteiger partial charge on any atom is -0.478 e. The highest BCUT2D eigenvalue weighted by molar-refractivity contribution is 5.89. The Morgan fingerprint density at radius 2 is 2.14 bits per heavy atom. The molecule has 0 spiro atoms. The second kappa shape index (κ2) is 3.33. The third-order valence-electron chi connectivity index (χ3n) is 1.47. The Morgan fingerprint density at radius 1 is 1.57 bits per heavy atom. The van der Waals surface area contributed by atoms with Gasteiger partial charge in [0, 0.05) is 0 Å². The number of hydrogen-bond acceptors (Lipinski definition) is 3. The summed E-state index contributed by atoms with van der Waals surface area (Å²) in [5.41, 5.74) is 4.10. The Balaban J connectivity index is 3.26. The summed E-state index contributed by atoms with van der Waals surface area (Å²) >= 11 is 0. The van der Waals surface area contributed by atoms with Crippen LogP contribution in [-0.2, 0) is 12.7 Å². The van der Waals surface area contributed by atoms with Crippen LogP contribution in [0.1, 0.15) is 21.9 Å². The third-order valence-corrected chi connectivity index (χ3v) is 1.47. The van der Waals surface area contributed by atoms with Crippen molar-refractivity contribution in [3.05, 3.63) is 23.2 Å². The molecular formula is C7H6F3NO3. The number of alkyl halides is 3. The normalized spacial score (nSPS) is 11.7. The lowest BCUT2D eigenvalue weighted by molar-refractivity contribution is -0.153. The molecule has 4 nitrogen and oxygen atoms in total. The molecule has 1 aromatic heterocycles. The molecule has 14 heavy (non-hydrogen) atoms. The molecule has 3 N–H and O–H groups in total. The van der Waals surface area contributed by atoms with E-state index in [4.69, 9.17) is 10.8 Å². The van der Waals surface area contributed by atoms with Gasteiger partial charge in [-0.15, -0.1) is 0 Å². The van der Waals surface area contributed by atoms with Gasteiger partial charge in [0.05, 0.1) is 6.54 Å². The van der Waals surface area contributed by atoms with Crippen LogP contribution in [0.15, 0.2) is 10.5 Å². The van der Waals surface area contributed by atoms with Crippen molar-refractivity contribution < 1.29 is 27.5 Å². The Kier molecular flexibility index (Phi) is 2.52. The molecular weight excluding hydrogens is 203 g/mol. The number of carbonyl (C=O) groups is 1. The zero-order valence-corrected chi connectivity index (χ0v) is 6.76. The van der Waals surface area contributed by atoms with Crippen LogP contribution in [0.5, 0.6) is 0 Å². The third kappa shape index (κ3) is 1.87.